The van der Waals surface area contributed by atoms with Crippen molar-refractivity contribution >= 4 is 23.9 Å². The molecule has 1 aromatic rings. The molecule has 0 bridgehead atoms. The SMILES string of the molecule is Cc1cc(/C=C(\C#N)C(=O)OCC(=O)NCC(=O)N(C)C)c(C)n1C[C@@H]1CCCO1. The number of rotatable bonds is 8. The summed E-state index contributed by atoms with van der Waals surface area (Å²) in [4.78, 5) is 36.7. The molecule has 1 fully saturated rings. The van der Waals surface area contributed by atoms with E-state index in [1.165, 1.54) is 11.0 Å². The van der Waals surface area contributed by atoms with Gasteiger partial charge in [0.05, 0.1) is 12.6 Å². The molecule has 9 nitrogen and oxygen atoms in total. The fraction of sp³-hybridized carbons (Fsp3) is 0.524. The van der Waals surface area contributed by atoms with Crippen LogP contribution < -0.4 is 5.32 Å². The third-order valence-electron chi connectivity index (χ3n) is 4.93. The van der Waals surface area contributed by atoms with Gasteiger partial charge in [0.2, 0.25) is 5.91 Å². The first kappa shape index (κ1) is 23.2. The van der Waals surface area contributed by atoms with E-state index in [4.69, 9.17) is 9.47 Å². The molecule has 30 heavy (non-hydrogen) atoms. The van der Waals surface area contributed by atoms with Gasteiger partial charge in [0.15, 0.2) is 6.61 Å². The Labute approximate surface area is 176 Å². The van der Waals surface area contributed by atoms with Gasteiger partial charge in [-0.05, 0) is 44.4 Å². The van der Waals surface area contributed by atoms with E-state index in [0.717, 1.165) is 42.9 Å². The van der Waals surface area contributed by atoms with Crippen LogP contribution in [0.3, 0.4) is 0 Å². The molecule has 0 spiro atoms. The van der Waals surface area contributed by atoms with Crippen LogP contribution in [0, 0.1) is 25.2 Å². The molecule has 2 amide bonds. The number of hydrogen-bond donors (Lipinski definition) is 1. The Morgan fingerprint density at radius 2 is 2.13 bits per heavy atom. The van der Waals surface area contributed by atoms with Crippen LogP contribution in [0.1, 0.15) is 29.8 Å². The first-order chi connectivity index (χ1) is 14.2. The molecular weight excluding hydrogens is 388 g/mol. The molecule has 162 valence electrons. The van der Waals surface area contributed by atoms with E-state index >= 15 is 0 Å². The molecule has 0 radical (unpaired) electrons. The van der Waals surface area contributed by atoms with Gasteiger partial charge < -0.3 is 24.3 Å². The van der Waals surface area contributed by atoms with Crippen molar-refractivity contribution in [1.29, 1.82) is 5.26 Å². The third kappa shape index (κ3) is 6.19. The maximum atomic E-state index is 12.2. The highest BCUT2D eigenvalue weighted by atomic mass is 16.5. The average Bonchev–Trinajstić information content (AvgIpc) is 3.32. The summed E-state index contributed by atoms with van der Waals surface area (Å²) in [6.45, 7) is 4.62. The van der Waals surface area contributed by atoms with Crippen LogP contribution in [0.25, 0.3) is 6.08 Å². The Bertz CT molecular complexity index is 873. The van der Waals surface area contributed by atoms with Gasteiger partial charge in [-0.3, -0.25) is 9.59 Å². The van der Waals surface area contributed by atoms with Crippen molar-refractivity contribution in [2.24, 2.45) is 0 Å². The zero-order chi connectivity index (χ0) is 22.3. The molecule has 2 heterocycles. The number of carbonyl (C=O) groups is 3. The highest BCUT2D eigenvalue weighted by Gasteiger charge is 2.20. The van der Waals surface area contributed by atoms with E-state index in [2.05, 4.69) is 9.88 Å². The number of likely N-dealkylation sites (N-methyl/N-ethyl adjacent to an activating group) is 1. The fourth-order valence-corrected chi connectivity index (χ4v) is 3.13. The van der Waals surface area contributed by atoms with E-state index in [-0.39, 0.29) is 24.1 Å². The number of ether oxygens (including phenoxy) is 2. The molecule has 1 aliphatic heterocycles. The van der Waals surface area contributed by atoms with Crippen molar-refractivity contribution in [3.05, 3.63) is 28.6 Å². The van der Waals surface area contributed by atoms with Crippen LogP contribution in [0.2, 0.25) is 0 Å². The molecule has 1 atom stereocenters. The number of nitrogens with one attached hydrogen (secondary N) is 1. The molecule has 2 rings (SSSR count). The lowest BCUT2D eigenvalue weighted by atomic mass is 10.1. The van der Waals surface area contributed by atoms with Gasteiger partial charge in [-0.15, -0.1) is 0 Å². The van der Waals surface area contributed by atoms with Crippen molar-refractivity contribution in [3.8, 4) is 6.07 Å². The highest BCUT2D eigenvalue weighted by Crippen LogP contribution is 2.22. The topological polar surface area (TPSA) is 114 Å². The van der Waals surface area contributed by atoms with Crippen LogP contribution in [-0.2, 0) is 30.4 Å². The number of carbonyl (C=O) groups excluding carboxylic acids is 3. The van der Waals surface area contributed by atoms with Gasteiger partial charge >= 0.3 is 5.97 Å². The minimum absolute atomic E-state index is 0.171. The summed E-state index contributed by atoms with van der Waals surface area (Å²) in [7, 11) is 3.13. The summed E-state index contributed by atoms with van der Waals surface area (Å²) in [6.07, 6.45) is 3.70. The van der Waals surface area contributed by atoms with E-state index in [9.17, 15) is 19.6 Å². The maximum Gasteiger partial charge on any atom is 0.349 e. The van der Waals surface area contributed by atoms with Crippen LogP contribution in [0.15, 0.2) is 11.6 Å². The zero-order valence-electron chi connectivity index (χ0n) is 17.9. The molecular formula is C21H28N4O5. The number of esters is 1. The molecule has 1 N–H and O–H groups in total. The number of nitriles is 1. The number of amides is 2. The monoisotopic (exact) mass is 416 g/mol. The standard InChI is InChI=1S/C21H28N4O5/c1-14-8-16(15(2)25(14)12-18-6-5-7-29-18)9-17(10-22)21(28)30-13-19(26)23-11-20(27)24(3)4/h8-9,18H,5-7,11-13H2,1-4H3,(H,23,26)/b17-9+/t18-/m0/s1. The van der Waals surface area contributed by atoms with Gasteiger partial charge in [0.1, 0.15) is 11.6 Å². The molecule has 0 aliphatic carbocycles. The fourth-order valence-electron chi connectivity index (χ4n) is 3.13. The maximum absolute atomic E-state index is 12.2. The smallest absolute Gasteiger partial charge is 0.349 e. The molecule has 1 saturated heterocycles. The highest BCUT2D eigenvalue weighted by molar-refractivity contribution is 5.99. The zero-order valence-corrected chi connectivity index (χ0v) is 17.9. The van der Waals surface area contributed by atoms with E-state index < -0.39 is 18.5 Å². The Balaban J connectivity index is 1.99. The second kappa shape index (κ2) is 10.6. The second-order valence-electron chi connectivity index (χ2n) is 7.38. The second-order valence-corrected chi connectivity index (χ2v) is 7.38. The average molecular weight is 416 g/mol. The summed E-state index contributed by atoms with van der Waals surface area (Å²) in [5.74, 6) is -1.80. The Morgan fingerprint density at radius 1 is 1.40 bits per heavy atom. The van der Waals surface area contributed by atoms with Crippen molar-refractivity contribution in [3.63, 3.8) is 0 Å². The van der Waals surface area contributed by atoms with E-state index in [1.807, 2.05) is 26.0 Å². The number of nitrogens with zero attached hydrogens (tertiary/aromatic N) is 3. The Morgan fingerprint density at radius 3 is 2.73 bits per heavy atom. The van der Waals surface area contributed by atoms with Gasteiger partial charge in [-0.25, -0.2) is 4.79 Å². The summed E-state index contributed by atoms with van der Waals surface area (Å²) in [5.41, 5.74) is 2.46. The lowest BCUT2D eigenvalue weighted by Crippen LogP contribution is -2.38. The molecule has 0 aromatic carbocycles. The lowest BCUT2D eigenvalue weighted by molar-refractivity contribution is -0.144. The summed E-state index contributed by atoms with van der Waals surface area (Å²) >= 11 is 0. The van der Waals surface area contributed by atoms with Gasteiger partial charge in [0.25, 0.3) is 5.91 Å². The predicted molar refractivity (Wildman–Crippen MR) is 109 cm³/mol. The van der Waals surface area contributed by atoms with E-state index in [0.29, 0.717) is 0 Å². The van der Waals surface area contributed by atoms with Crippen molar-refractivity contribution in [2.75, 3.05) is 33.9 Å². The van der Waals surface area contributed by atoms with Crippen LogP contribution in [0.4, 0.5) is 0 Å². The Hall–Kier alpha value is -3.12. The van der Waals surface area contributed by atoms with Crippen LogP contribution in [-0.4, -0.2) is 67.2 Å². The van der Waals surface area contributed by atoms with Gasteiger partial charge in [-0.2, -0.15) is 5.26 Å². The first-order valence-corrected chi connectivity index (χ1v) is 9.77. The summed E-state index contributed by atoms with van der Waals surface area (Å²) < 4.78 is 12.7. The molecule has 9 heteroatoms. The molecule has 1 aromatic heterocycles. The lowest BCUT2D eigenvalue weighted by Gasteiger charge is -2.14. The minimum Gasteiger partial charge on any atom is -0.451 e. The van der Waals surface area contributed by atoms with Crippen molar-refractivity contribution < 1.29 is 23.9 Å². The quantitative estimate of drug-likeness (QED) is 0.383. The first-order valence-electron chi connectivity index (χ1n) is 9.77. The van der Waals surface area contributed by atoms with Gasteiger partial charge in [-0.1, -0.05) is 0 Å². The van der Waals surface area contributed by atoms with Gasteiger partial charge in [0, 0.05) is 38.6 Å². The Kier molecular flexibility index (Phi) is 8.18. The number of aryl methyl sites for hydroxylation is 1. The molecule has 1 aliphatic rings. The summed E-state index contributed by atoms with van der Waals surface area (Å²) in [6, 6.07) is 3.73. The van der Waals surface area contributed by atoms with Crippen molar-refractivity contribution in [2.45, 2.75) is 39.3 Å². The molecule has 0 saturated carbocycles. The normalized spacial score (nSPS) is 16.1. The third-order valence-corrected chi connectivity index (χ3v) is 4.93. The largest absolute Gasteiger partial charge is 0.451 e. The van der Waals surface area contributed by atoms with Crippen molar-refractivity contribution in [1.82, 2.24) is 14.8 Å². The van der Waals surface area contributed by atoms with Crippen LogP contribution >= 0.6 is 0 Å². The van der Waals surface area contributed by atoms with E-state index in [1.54, 1.807) is 14.1 Å². The summed E-state index contributed by atoms with van der Waals surface area (Å²) in [5, 5.41) is 11.7. The number of hydrogen-bond acceptors (Lipinski definition) is 6. The minimum atomic E-state index is -0.893. The van der Waals surface area contributed by atoms with Crippen LogP contribution in [0.5, 0.6) is 0 Å². The number of aromatic nitrogens is 1. The molecule has 0 unspecified atom stereocenters. The predicted octanol–water partition coefficient (Wildman–Crippen LogP) is 0.939.